The van der Waals surface area contributed by atoms with Gasteiger partial charge in [-0.3, -0.25) is 0 Å². The van der Waals surface area contributed by atoms with Gasteiger partial charge in [-0.1, -0.05) is 5.10 Å². The number of fused-ring (bicyclic) bond motifs is 1. The van der Waals surface area contributed by atoms with Gasteiger partial charge in [0.2, 0.25) is 5.95 Å². The van der Waals surface area contributed by atoms with E-state index in [9.17, 15) is 4.79 Å². The molecule has 0 aromatic carbocycles. The summed E-state index contributed by atoms with van der Waals surface area (Å²) in [4.78, 5) is 30.1. The van der Waals surface area contributed by atoms with E-state index in [4.69, 9.17) is 4.98 Å². The molecule has 1 fully saturated rings. The van der Waals surface area contributed by atoms with Crippen LogP contribution in [0.4, 0.5) is 11.8 Å². The second-order valence-electron chi connectivity index (χ2n) is 7.38. The quantitative estimate of drug-likeness (QED) is 0.490. The van der Waals surface area contributed by atoms with Crippen LogP contribution >= 0.6 is 0 Å². The molecule has 5 heterocycles. The number of rotatable bonds is 4. The van der Waals surface area contributed by atoms with E-state index in [1.54, 1.807) is 17.2 Å². The summed E-state index contributed by atoms with van der Waals surface area (Å²) in [5.74, 6) is 1.26. The molecule has 1 aliphatic rings. The predicted octanol–water partition coefficient (Wildman–Crippen LogP) is 0.323. The van der Waals surface area contributed by atoms with Gasteiger partial charge in [-0.15, -0.1) is 0 Å². The van der Waals surface area contributed by atoms with Crippen molar-refractivity contribution >= 4 is 22.8 Å². The Balaban J connectivity index is 1.41. The van der Waals surface area contributed by atoms with Crippen molar-refractivity contribution in [2.75, 3.05) is 23.3 Å². The van der Waals surface area contributed by atoms with Gasteiger partial charge in [-0.2, -0.15) is 4.98 Å². The van der Waals surface area contributed by atoms with Crippen LogP contribution in [0.5, 0.6) is 0 Å². The van der Waals surface area contributed by atoms with E-state index in [-0.39, 0.29) is 6.04 Å². The van der Waals surface area contributed by atoms with Crippen LogP contribution in [-0.4, -0.2) is 63.8 Å². The second kappa shape index (κ2) is 7.21. The molecule has 0 aliphatic carbocycles. The predicted molar refractivity (Wildman–Crippen MR) is 110 cm³/mol. The molecule has 2 N–H and O–H groups in total. The van der Waals surface area contributed by atoms with E-state index in [0.717, 1.165) is 43.3 Å². The summed E-state index contributed by atoms with van der Waals surface area (Å²) in [6.07, 6.45) is 5.22. The Bertz CT molecular complexity index is 1250. The summed E-state index contributed by atoms with van der Waals surface area (Å²) in [5, 5.41) is 15.1. The summed E-state index contributed by atoms with van der Waals surface area (Å²) >= 11 is 0. The zero-order valence-electron chi connectivity index (χ0n) is 16.6. The Hall–Kier alpha value is -3.83. The van der Waals surface area contributed by atoms with Gasteiger partial charge in [0.15, 0.2) is 5.82 Å². The number of pyridine rings is 1. The summed E-state index contributed by atoms with van der Waals surface area (Å²) in [6, 6.07) is 3.89. The number of hydrogen-bond donors (Lipinski definition) is 2. The highest BCUT2D eigenvalue weighted by Gasteiger charge is 2.23. The minimum atomic E-state index is -0.400. The number of tetrazole rings is 1. The number of aryl methyl sites for hydroxylation is 2. The molecule has 12 nitrogen and oxygen atoms in total. The lowest BCUT2D eigenvalue weighted by atomic mass is 10.1. The normalized spacial score (nSPS) is 15.1. The van der Waals surface area contributed by atoms with Gasteiger partial charge in [-0.25, -0.2) is 19.4 Å². The van der Waals surface area contributed by atoms with Crippen molar-refractivity contribution in [1.29, 1.82) is 0 Å². The van der Waals surface area contributed by atoms with Crippen LogP contribution in [0.15, 0.2) is 29.5 Å². The Morgan fingerprint density at radius 2 is 2.00 bits per heavy atom. The SMILES string of the molecule is Cn1cncc1-c1ccc2[nH]c(=O)nc(NC3CCN(c4nnnn4C)CC3)c2n1. The molecule has 1 aliphatic heterocycles. The number of nitrogens with zero attached hydrogens (tertiary/aromatic N) is 9. The fourth-order valence-corrected chi connectivity index (χ4v) is 3.80. The van der Waals surface area contributed by atoms with Crippen molar-refractivity contribution in [2.24, 2.45) is 14.1 Å². The number of hydrogen-bond acceptors (Lipinski definition) is 9. The second-order valence-corrected chi connectivity index (χ2v) is 7.38. The number of imidazole rings is 1. The maximum absolute atomic E-state index is 12.1. The fraction of sp³-hybridized carbons (Fsp3) is 0.389. The van der Waals surface area contributed by atoms with Crippen molar-refractivity contribution in [1.82, 2.24) is 44.7 Å². The molecular formula is C18H21N11O. The molecule has 154 valence electrons. The average molecular weight is 407 g/mol. The number of H-pyrrole nitrogens is 1. The lowest BCUT2D eigenvalue weighted by Crippen LogP contribution is -2.40. The maximum Gasteiger partial charge on any atom is 0.347 e. The first-order chi connectivity index (χ1) is 14.6. The number of piperidine rings is 1. The molecule has 5 rings (SSSR count). The molecule has 4 aromatic heterocycles. The first kappa shape index (κ1) is 18.2. The highest BCUT2D eigenvalue weighted by atomic mass is 16.1. The van der Waals surface area contributed by atoms with Crippen molar-refractivity contribution in [2.45, 2.75) is 18.9 Å². The highest BCUT2D eigenvalue weighted by Crippen LogP contribution is 2.24. The Kier molecular flexibility index (Phi) is 4.38. The summed E-state index contributed by atoms with van der Waals surface area (Å²) < 4.78 is 3.57. The smallest absolute Gasteiger partial charge is 0.347 e. The van der Waals surface area contributed by atoms with Gasteiger partial charge < -0.3 is 19.8 Å². The minimum absolute atomic E-state index is 0.169. The number of anilines is 2. The van der Waals surface area contributed by atoms with Gasteiger partial charge in [0, 0.05) is 33.2 Å². The third-order valence-corrected chi connectivity index (χ3v) is 5.37. The molecular weight excluding hydrogens is 386 g/mol. The Morgan fingerprint density at radius 3 is 2.70 bits per heavy atom. The fourth-order valence-electron chi connectivity index (χ4n) is 3.80. The van der Waals surface area contributed by atoms with Crippen LogP contribution in [0.25, 0.3) is 22.4 Å². The van der Waals surface area contributed by atoms with Crippen molar-refractivity contribution in [3.05, 3.63) is 35.1 Å². The van der Waals surface area contributed by atoms with Gasteiger partial charge in [0.1, 0.15) is 5.52 Å². The van der Waals surface area contributed by atoms with Crippen LogP contribution in [0.3, 0.4) is 0 Å². The Morgan fingerprint density at radius 1 is 1.17 bits per heavy atom. The molecule has 1 saturated heterocycles. The first-order valence-corrected chi connectivity index (χ1v) is 9.70. The molecule has 0 spiro atoms. The average Bonchev–Trinajstić information content (AvgIpc) is 3.36. The molecule has 0 unspecified atom stereocenters. The van der Waals surface area contributed by atoms with E-state index in [0.29, 0.717) is 16.9 Å². The minimum Gasteiger partial charge on any atom is -0.365 e. The molecule has 0 radical (unpaired) electrons. The van der Waals surface area contributed by atoms with E-state index < -0.39 is 5.69 Å². The third-order valence-electron chi connectivity index (χ3n) is 5.37. The topological polar surface area (TPSA) is 135 Å². The molecule has 0 amide bonds. The molecule has 0 bridgehead atoms. The van der Waals surface area contributed by atoms with Gasteiger partial charge >= 0.3 is 5.69 Å². The van der Waals surface area contributed by atoms with Gasteiger partial charge in [0.25, 0.3) is 0 Å². The van der Waals surface area contributed by atoms with Gasteiger partial charge in [0.05, 0.1) is 29.4 Å². The monoisotopic (exact) mass is 407 g/mol. The van der Waals surface area contributed by atoms with Crippen molar-refractivity contribution in [3.63, 3.8) is 0 Å². The first-order valence-electron chi connectivity index (χ1n) is 9.70. The lowest BCUT2D eigenvalue weighted by molar-refractivity contribution is 0.512. The zero-order chi connectivity index (χ0) is 20.7. The molecule has 30 heavy (non-hydrogen) atoms. The zero-order valence-corrected chi connectivity index (χ0v) is 16.6. The highest BCUT2D eigenvalue weighted by molar-refractivity contribution is 5.86. The summed E-state index contributed by atoms with van der Waals surface area (Å²) in [7, 11) is 3.75. The number of aromatic amines is 1. The molecule has 4 aromatic rings. The maximum atomic E-state index is 12.1. The van der Waals surface area contributed by atoms with Crippen LogP contribution in [0.2, 0.25) is 0 Å². The van der Waals surface area contributed by atoms with E-state index >= 15 is 0 Å². The van der Waals surface area contributed by atoms with Crippen molar-refractivity contribution < 1.29 is 0 Å². The van der Waals surface area contributed by atoms with Crippen LogP contribution in [0.1, 0.15) is 12.8 Å². The number of aromatic nitrogens is 9. The van der Waals surface area contributed by atoms with Crippen LogP contribution in [-0.2, 0) is 14.1 Å². The summed E-state index contributed by atoms with van der Waals surface area (Å²) in [6.45, 7) is 1.61. The molecule has 12 heteroatoms. The van der Waals surface area contributed by atoms with Gasteiger partial charge in [-0.05, 0) is 35.4 Å². The standard InChI is InChI=1S/C18H21N11O/c1-27-10-19-9-14(27)12-3-4-13-15(21-12)16(23-17(30)22-13)20-11-5-7-29(8-6-11)18-24-25-26-28(18)2/h3-4,9-11H,5-8H2,1-2H3,(H2,20,22,23,30). The summed E-state index contributed by atoms with van der Waals surface area (Å²) in [5.41, 5.74) is 2.53. The van der Waals surface area contributed by atoms with E-state index in [1.165, 1.54) is 0 Å². The molecule has 0 saturated carbocycles. The van der Waals surface area contributed by atoms with Crippen LogP contribution < -0.4 is 15.9 Å². The van der Waals surface area contributed by atoms with Crippen LogP contribution in [0, 0.1) is 0 Å². The Labute approximate surface area is 171 Å². The van der Waals surface area contributed by atoms with E-state index in [2.05, 4.69) is 40.7 Å². The van der Waals surface area contributed by atoms with Crippen molar-refractivity contribution in [3.8, 4) is 11.4 Å². The van der Waals surface area contributed by atoms with E-state index in [1.807, 2.05) is 30.8 Å². The number of nitrogens with one attached hydrogen (secondary N) is 2. The third kappa shape index (κ3) is 3.25. The molecule has 0 atom stereocenters. The lowest BCUT2D eigenvalue weighted by Gasteiger charge is -2.32. The largest absolute Gasteiger partial charge is 0.365 e.